The minimum Gasteiger partial charge on any atom is -0.294 e. The lowest BCUT2D eigenvalue weighted by Gasteiger charge is -2.41. The highest BCUT2D eigenvalue weighted by Gasteiger charge is 2.39. The maximum Gasteiger partial charge on any atom is 0.169 e. The Morgan fingerprint density at radius 2 is 2.31 bits per heavy atom. The Kier molecular flexibility index (Phi) is 2.35. The molecule has 1 saturated carbocycles. The van der Waals surface area contributed by atoms with Gasteiger partial charge in [0, 0.05) is 6.42 Å². The third kappa shape index (κ3) is 1.61. The van der Waals surface area contributed by atoms with Gasteiger partial charge in [0.1, 0.15) is 0 Å². The summed E-state index contributed by atoms with van der Waals surface area (Å²) in [5, 5.41) is 0. The molecule has 0 saturated heterocycles. The molecule has 1 nitrogen and oxygen atoms in total. The highest BCUT2D eigenvalue weighted by molar-refractivity contribution is 9.12. The van der Waals surface area contributed by atoms with E-state index in [1.165, 1.54) is 25.7 Å². The fourth-order valence-electron chi connectivity index (χ4n) is 2.65. The van der Waals surface area contributed by atoms with Gasteiger partial charge in [-0.25, -0.2) is 0 Å². The van der Waals surface area contributed by atoms with E-state index in [1.807, 2.05) is 0 Å². The summed E-state index contributed by atoms with van der Waals surface area (Å²) >= 11 is 3.36. The van der Waals surface area contributed by atoms with E-state index in [-0.39, 0.29) is 0 Å². The number of carbonyl (C=O) groups is 1. The number of halogens is 1. The Hall–Kier alpha value is -0.110. The molecule has 13 heavy (non-hydrogen) atoms. The van der Waals surface area contributed by atoms with Crippen LogP contribution in [0.3, 0.4) is 0 Å². The average molecular weight is 243 g/mol. The van der Waals surface area contributed by atoms with Crippen molar-refractivity contribution in [2.24, 2.45) is 11.3 Å². The summed E-state index contributed by atoms with van der Waals surface area (Å²) in [5.41, 5.74) is 0.297. The van der Waals surface area contributed by atoms with Crippen LogP contribution in [0.5, 0.6) is 0 Å². The molecular formula is C11H15BrO. The fraction of sp³-hybridized carbons (Fsp3) is 0.727. The second kappa shape index (κ2) is 3.23. The fourth-order valence-corrected chi connectivity index (χ4v) is 3.33. The third-order valence-corrected chi connectivity index (χ3v) is 4.28. The van der Waals surface area contributed by atoms with E-state index in [9.17, 15) is 4.79 Å². The van der Waals surface area contributed by atoms with Crippen molar-refractivity contribution in [1.29, 1.82) is 0 Å². The third-order valence-electron chi connectivity index (χ3n) is 3.61. The molecule has 72 valence electrons. The zero-order valence-electron chi connectivity index (χ0n) is 7.98. The molecule has 2 aliphatic carbocycles. The number of allylic oxidation sites excluding steroid dienone is 2. The minimum atomic E-state index is 0.296. The topological polar surface area (TPSA) is 17.1 Å². The first-order valence-electron chi connectivity index (χ1n) is 5.03. The van der Waals surface area contributed by atoms with Crippen molar-refractivity contribution in [2.75, 3.05) is 0 Å². The van der Waals surface area contributed by atoms with Crippen LogP contribution in [0.1, 0.15) is 39.0 Å². The zero-order valence-corrected chi connectivity index (χ0v) is 9.56. The number of fused-ring (bicyclic) bond motifs is 1. The molecule has 0 aliphatic heterocycles. The van der Waals surface area contributed by atoms with Gasteiger partial charge in [0.15, 0.2) is 5.78 Å². The number of rotatable bonds is 0. The average Bonchev–Trinajstić information content (AvgIpc) is 2.07. The maximum atomic E-state index is 11.5. The van der Waals surface area contributed by atoms with Gasteiger partial charge >= 0.3 is 0 Å². The largest absolute Gasteiger partial charge is 0.294 e. The Balaban J connectivity index is 2.30. The number of hydrogen-bond acceptors (Lipinski definition) is 1. The van der Waals surface area contributed by atoms with Gasteiger partial charge in [-0.15, -0.1) is 0 Å². The van der Waals surface area contributed by atoms with E-state index < -0.39 is 0 Å². The van der Waals surface area contributed by atoms with Gasteiger partial charge in [-0.1, -0.05) is 25.8 Å². The number of ketones is 1. The molecule has 0 radical (unpaired) electrons. The molecule has 0 spiro atoms. The number of carbonyl (C=O) groups excluding carboxylic acids is 1. The summed E-state index contributed by atoms with van der Waals surface area (Å²) in [5.74, 6) is 0.902. The van der Waals surface area contributed by atoms with E-state index >= 15 is 0 Å². The van der Waals surface area contributed by atoms with Crippen LogP contribution in [-0.2, 0) is 4.79 Å². The lowest BCUT2D eigenvalue weighted by atomic mass is 9.63. The first kappa shape index (κ1) is 9.45. The van der Waals surface area contributed by atoms with Crippen LogP contribution < -0.4 is 0 Å². The standard InChI is InChI=1S/C11H15BrO/c1-11-5-3-2-4-8(11)6-10(13)9(12)7-11/h7-8H,2-6H2,1H3/t8-,11-/m1/s1. The summed E-state index contributed by atoms with van der Waals surface area (Å²) in [6, 6.07) is 0. The van der Waals surface area contributed by atoms with Crippen LogP contribution >= 0.6 is 15.9 Å². The van der Waals surface area contributed by atoms with E-state index in [1.54, 1.807) is 0 Å². The molecule has 2 atom stereocenters. The molecule has 0 amide bonds. The smallest absolute Gasteiger partial charge is 0.169 e. The van der Waals surface area contributed by atoms with Crippen molar-refractivity contribution in [3.63, 3.8) is 0 Å². The summed E-state index contributed by atoms with van der Waals surface area (Å²) in [6.07, 6.45) is 8.02. The van der Waals surface area contributed by atoms with E-state index in [4.69, 9.17) is 0 Å². The van der Waals surface area contributed by atoms with Gasteiger partial charge in [0.2, 0.25) is 0 Å². The lowest BCUT2D eigenvalue weighted by Crippen LogP contribution is -2.34. The summed E-state index contributed by atoms with van der Waals surface area (Å²) in [7, 11) is 0. The van der Waals surface area contributed by atoms with Crippen LogP contribution in [-0.4, -0.2) is 5.78 Å². The first-order chi connectivity index (χ1) is 6.12. The van der Waals surface area contributed by atoms with Crippen LogP contribution in [0.15, 0.2) is 10.6 Å². The van der Waals surface area contributed by atoms with Gasteiger partial charge in [-0.2, -0.15) is 0 Å². The molecule has 0 unspecified atom stereocenters. The van der Waals surface area contributed by atoms with E-state index in [2.05, 4.69) is 28.9 Å². The van der Waals surface area contributed by atoms with Gasteiger partial charge in [-0.3, -0.25) is 4.79 Å². The summed E-state index contributed by atoms with van der Waals surface area (Å²) in [4.78, 5) is 11.5. The molecule has 0 bridgehead atoms. The zero-order chi connectivity index (χ0) is 9.47. The summed E-state index contributed by atoms with van der Waals surface area (Å²) < 4.78 is 0.813. The second-order valence-corrected chi connectivity index (χ2v) is 5.42. The normalized spacial score (nSPS) is 39.7. The molecule has 2 rings (SSSR count). The minimum absolute atomic E-state index is 0.296. The molecule has 0 aromatic carbocycles. The van der Waals surface area contributed by atoms with Crippen molar-refractivity contribution in [3.05, 3.63) is 10.6 Å². The highest BCUT2D eigenvalue weighted by atomic mass is 79.9. The van der Waals surface area contributed by atoms with Crippen molar-refractivity contribution >= 4 is 21.7 Å². The van der Waals surface area contributed by atoms with Crippen molar-refractivity contribution in [1.82, 2.24) is 0 Å². The monoisotopic (exact) mass is 242 g/mol. The molecule has 1 fully saturated rings. The Bertz CT molecular complexity index is 269. The Morgan fingerprint density at radius 1 is 1.54 bits per heavy atom. The molecular weight excluding hydrogens is 228 g/mol. The van der Waals surface area contributed by atoms with Gasteiger partial charge in [0.25, 0.3) is 0 Å². The van der Waals surface area contributed by atoms with Crippen LogP contribution in [0, 0.1) is 11.3 Å². The van der Waals surface area contributed by atoms with E-state index in [0.717, 1.165) is 10.9 Å². The number of hydrogen-bond donors (Lipinski definition) is 0. The van der Waals surface area contributed by atoms with Crippen molar-refractivity contribution < 1.29 is 4.79 Å². The quantitative estimate of drug-likeness (QED) is 0.637. The van der Waals surface area contributed by atoms with Crippen molar-refractivity contribution in [3.8, 4) is 0 Å². The lowest BCUT2D eigenvalue weighted by molar-refractivity contribution is -0.117. The molecule has 0 heterocycles. The van der Waals surface area contributed by atoms with Gasteiger partial charge in [-0.05, 0) is 40.1 Å². The Morgan fingerprint density at radius 3 is 3.08 bits per heavy atom. The SMILES string of the molecule is C[C@@]12C=C(Br)C(=O)C[C@H]1CCCC2. The molecule has 0 N–H and O–H groups in total. The predicted molar refractivity (Wildman–Crippen MR) is 56.7 cm³/mol. The predicted octanol–water partition coefficient (Wildman–Crippen LogP) is 3.43. The molecule has 2 aliphatic rings. The molecule has 2 heteroatoms. The number of Topliss-reactive ketones (excluding diaryl/α,β-unsaturated/α-hetero) is 1. The van der Waals surface area contributed by atoms with Crippen LogP contribution in [0.25, 0.3) is 0 Å². The highest BCUT2D eigenvalue weighted by Crippen LogP contribution is 2.48. The van der Waals surface area contributed by atoms with Crippen LogP contribution in [0.4, 0.5) is 0 Å². The van der Waals surface area contributed by atoms with Gasteiger partial charge < -0.3 is 0 Å². The maximum absolute atomic E-state index is 11.5. The molecule has 0 aromatic rings. The first-order valence-corrected chi connectivity index (χ1v) is 5.83. The Labute approximate surface area is 87.7 Å². The second-order valence-electron chi connectivity index (χ2n) is 4.57. The molecule has 0 aromatic heterocycles. The summed E-state index contributed by atoms with van der Waals surface area (Å²) in [6.45, 7) is 2.30. The van der Waals surface area contributed by atoms with Gasteiger partial charge in [0.05, 0.1) is 4.48 Å². The van der Waals surface area contributed by atoms with Crippen molar-refractivity contribution in [2.45, 2.75) is 39.0 Å². The van der Waals surface area contributed by atoms with E-state index in [0.29, 0.717) is 17.1 Å². The van der Waals surface area contributed by atoms with Crippen LogP contribution in [0.2, 0.25) is 0 Å².